The van der Waals surface area contributed by atoms with E-state index >= 15 is 0 Å². The molecule has 5 heteroatoms. The molecule has 1 heterocycles. The van der Waals surface area contributed by atoms with Crippen LogP contribution in [0.2, 0.25) is 0 Å². The molecule has 0 saturated carbocycles. The van der Waals surface area contributed by atoms with Gasteiger partial charge < -0.3 is 20.1 Å². The molecule has 2 amide bonds. The summed E-state index contributed by atoms with van der Waals surface area (Å²) in [5.74, 6) is 0. The predicted molar refractivity (Wildman–Crippen MR) is 94.9 cm³/mol. The molecule has 0 aliphatic carbocycles. The summed E-state index contributed by atoms with van der Waals surface area (Å²) in [4.78, 5) is 14.1. The number of likely N-dealkylation sites (tertiary alicyclic amines) is 1. The fraction of sp³-hybridized carbons (Fsp3) is 0.632. The van der Waals surface area contributed by atoms with Gasteiger partial charge in [-0.1, -0.05) is 24.3 Å². The molecule has 0 spiro atoms. The minimum atomic E-state index is -0.00204. The molecule has 1 aliphatic heterocycles. The van der Waals surface area contributed by atoms with E-state index < -0.39 is 0 Å². The van der Waals surface area contributed by atoms with Gasteiger partial charge in [0, 0.05) is 25.7 Å². The van der Waals surface area contributed by atoms with Crippen molar-refractivity contribution in [1.29, 1.82) is 0 Å². The van der Waals surface area contributed by atoms with Gasteiger partial charge in [0.15, 0.2) is 0 Å². The zero-order valence-corrected chi connectivity index (χ0v) is 14.8. The number of nitrogens with one attached hydrogen (secondary N) is 1. The number of benzene rings is 1. The fourth-order valence-electron chi connectivity index (χ4n) is 2.98. The number of urea groups is 1. The Bertz CT molecular complexity index is 513. The topological polar surface area (TPSA) is 61.8 Å². The van der Waals surface area contributed by atoms with Crippen molar-refractivity contribution >= 4 is 6.03 Å². The van der Waals surface area contributed by atoms with Gasteiger partial charge in [0.05, 0.1) is 12.7 Å². The van der Waals surface area contributed by atoms with E-state index in [2.05, 4.69) is 24.4 Å². The molecule has 1 saturated heterocycles. The van der Waals surface area contributed by atoms with Crippen molar-refractivity contribution < 1.29 is 14.6 Å². The third-order valence-electron chi connectivity index (χ3n) is 4.63. The first-order chi connectivity index (χ1) is 11.6. The summed E-state index contributed by atoms with van der Waals surface area (Å²) in [6.07, 6.45) is 3.50. The fourth-order valence-corrected chi connectivity index (χ4v) is 2.98. The summed E-state index contributed by atoms with van der Waals surface area (Å²) in [6, 6.07) is 8.38. The van der Waals surface area contributed by atoms with E-state index in [-0.39, 0.29) is 24.8 Å². The predicted octanol–water partition coefficient (Wildman–Crippen LogP) is 2.85. The van der Waals surface area contributed by atoms with Crippen LogP contribution in [0, 0.1) is 6.92 Å². The van der Waals surface area contributed by atoms with Crippen molar-refractivity contribution in [3.05, 3.63) is 35.4 Å². The zero-order valence-electron chi connectivity index (χ0n) is 14.8. The first kappa shape index (κ1) is 18.7. The third kappa shape index (κ3) is 5.80. The van der Waals surface area contributed by atoms with Crippen LogP contribution in [0.3, 0.4) is 0 Å². The minimum absolute atomic E-state index is 0.00204. The molecule has 0 bridgehead atoms. The molecular weight excluding hydrogens is 304 g/mol. The Morgan fingerprint density at radius 1 is 1.38 bits per heavy atom. The van der Waals surface area contributed by atoms with Crippen molar-refractivity contribution in [2.45, 2.75) is 58.3 Å². The Balaban J connectivity index is 1.69. The number of amides is 2. The van der Waals surface area contributed by atoms with E-state index in [1.807, 2.05) is 24.0 Å². The highest BCUT2D eigenvalue weighted by Crippen LogP contribution is 2.17. The van der Waals surface area contributed by atoms with Gasteiger partial charge in [-0.2, -0.15) is 0 Å². The lowest BCUT2D eigenvalue weighted by atomic mass is 10.1. The molecule has 134 valence electrons. The number of piperidine rings is 1. The average molecular weight is 334 g/mol. The summed E-state index contributed by atoms with van der Waals surface area (Å²) < 4.78 is 6.03. The van der Waals surface area contributed by atoms with Crippen LogP contribution in [0.1, 0.15) is 43.7 Å². The van der Waals surface area contributed by atoms with Crippen LogP contribution < -0.4 is 5.32 Å². The Kier molecular flexibility index (Phi) is 7.53. The number of ether oxygens (including phenoxy) is 1. The molecule has 2 N–H and O–H groups in total. The van der Waals surface area contributed by atoms with Gasteiger partial charge in [-0.25, -0.2) is 4.79 Å². The van der Waals surface area contributed by atoms with E-state index in [1.165, 1.54) is 11.1 Å². The van der Waals surface area contributed by atoms with Gasteiger partial charge in [0.25, 0.3) is 0 Å². The Hall–Kier alpha value is -1.59. The summed E-state index contributed by atoms with van der Waals surface area (Å²) in [7, 11) is 0. The number of aliphatic hydroxyl groups is 1. The smallest absolute Gasteiger partial charge is 0.317 e. The van der Waals surface area contributed by atoms with Gasteiger partial charge in [-0.05, 0) is 50.7 Å². The molecule has 2 rings (SSSR count). The van der Waals surface area contributed by atoms with Crippen LogP contribution in [-0.2, 0) is 11.3 Å². The Labute approximate surface area is 145 Å². The first-order valence-corrected chi connectivity index (χ1v) is 8.92. The van der Waals surface area contributed by atoms with E-state index in [9.17, 15) is 4.79 Å². The van der Waals surface area contributed by atoms with E-state index in [0.29, 0.717) is 6.61 Å². The van der Waals surface area contributed by atoms with Gasteiger partial charge in [-0.3, -0.25) is 0 Å². The van der Waals surface area contributed by atoms with E-state index in [4.69, 9.17) is 9.84 Å². The highest BCUT2D eigenvalue weighted by atomic mass is 16.5. The second-order valence-electron chi connectivity index (χ2n) is 6.64. The minimum Gasteiger partial charge on any atom is -0.396 e. The number of aryl methyl sites for hydroxylation is 1. The maximum Gasteiger partial charge on any atom is 0.317 e. The Morgan fingerprint density at radius 2 is 2.08 bits per heavy atom. The number of hydrogen-bond donors (Lipinski definition) is 2. The highest BCUT2D eigenvalue weighted by Gasteiger charge is 2.24. The second kappa shape index (κ2) is 9.64. The molecule has 5 nitrogen and oxygen atoms in total. The van der Waals surface area contributed by atoms with Crippen LogP contribution in [0.4, 0.5) is 4.79 Å². The lowest BCUT2D eigenvalue weighted by molar-refractivity contribution is 0.00411. The van der Waals surface area contributed by atoms with Crippen LogP contribution in [0.25, 0.3) is 0 Å². The van der Waals surface area contributed by atoms with E-state index in [0.717, 1.165) is 38.8 Å². The molecule has 1 aromatic rings. The maximum atomic E-state index is 12.2. The first-order valence-electron chi connectivity index (χ1n) is 8.92. The number of carbonyl (C=O) groups is 1. The van der Waals surface area contributed by atoms with Crippen LogP contribution in [-0.4, -0.2) is 47.9 Å². The maximum absolute atomic E-state index is 12.2. The van der Waals surface area contributed by atoms with Crippen LogP contribution in [0.5, 0.6) is 0 Å². The van der Waals surface area contributed by atoms with Crippen LogP contribution >= 0.6 is 0 Å². The van der Waals surface area contributed by atoms with Gasteiger partial charge in [0.2, 0.25) is 0 Å². The lowest BCUT2D eigenvalue weighted by Gasteiger charge is -2.33. The number of carbonyl (C=O) groups excluding carboxylic acids is 1. The molecule has 1 unspecified atom stereocenters. The number of aliphatic hydroxyl groups excluding tert-OH is 1. The quantitative estimate of drug-likeness (QED) is 0.806. The molecule has 24 heavy (non-hydrogen) atoms. The molecule has 1 fully saturated rings. The second-order valence-corrected chi connectivity index (χ2v) is 6.64. The summed E-state index contributed by atoms with van der Waals surface area (Å²) in [5, 5.41) is 11.8. The Morgan fingerprint density at radius 3 is 2.75 bits per heavy atom. The molecule has 0 radical (unpaired) electrons. The van der Waals surface area contributed by atoms with Gasteiger partial charge in [0.1, 0.15) is 0 Å². The molecule has 1 atom stereocenters. The van der Waals surface area contributed by atoms with Crippen molar-refractivity contribution in [2.75, 3.05) is 19.7 Å². The standard InChI is InChI=1S/C19H30N2O3/c1-15-6-3-4-8-17(15)14-24-18-9-11-21(12-10-18)19(23)20-16(2)7-5-13-22/h3-4,6,8,16,18,22H,5,7,9-14H2,1-2H3,(H,20,23). The number of rotatable bonds is 7. The number of nitrogens with zero attached hydrogens (tertiary/aromatic N) is 1. The van der Waals surface area contributed by atoms with E-state index in [1.54, 1.807) is 0 Å². The zero-order chi connectivity index (χ0) is 17.4. The molecule has 1 aliphatic rings. The normalized spacial score (nSPS) is 16.9. The SMILES string of the molecule is Cc1ccccc1COC1CCN(C(=O)NC(C)CCCO)CC1. The van der Waals surface area contributed by atoms with Crippen molar-refractivity contribution in [2.24, 2.45) is 0 Å². The van der Waals surface area contributed by atoms with Gasteiger partial charge >= 0.3 is 6.03 Å². The largest absolute Gasteiger partial charge is 0.396 e. The van der Waals surface area contributed by atoms with Gasteiger partial charge in [-0.15, -0.1) is 0 Å². The summed E-state index contributed by atoms with van der Waals surface area (Å²) in [6.45, 7) is 6.36. The average Bonchev–Trinajstić information content (AvgIpc) is 2.59. The molecule has 1 aromatic carbocycles. The highest BCUT2D eigenvalue weighted by molar-refractivity contribution is 5.74. The summed E-state index contributed by atoms with van der Waals surface area (Å²) in [5.41, 5.74) is 2.49. The lowest BCUT2D eigenvalue weighted by Crippen LogP contribution is -2.48. The van der Waals surface area contributed by atoms with Crippen LogP contribution in [0.15, 0.2) is 24.3 Å². The van der Waals surface area contributed by atoms with Crippen molar-refractivity contribution in [1.82, 2.24) is 10.2 Å². The number of hydrogen-bond acceptors (Lipinski definition) is 3. The van der Waals surface area contributed by atoms with Crippen molar-refractivity contribution in [3.8, 4) is 0 Å². The van der Waals surface area contributed by atoms with Crippen molar-refractivity contribution in [3.63, 3.8) is 0 Å². The molecule has 0 aromatic heterocycles. The third-order valence-corrected chi connectivity index (χ3v) is 4.63. The molecular formula is C19H30N2O3. The summed E-state index contributed by atoms with van der Waals surface area (Å²) >= 11 is 0. The monoisotopic (exact) mass is 334 g/mol.